The number of hydrogen-bond acceptors (Lipinski definition) is 3. The van der Waals surface area contributed by atoms with Crippen molar-refractivity contribution < 1.29 is 19.5 Å². The van der Waals surface area contributed by atoms with Gasteiger partial charge in [-0.25, -0.2) is 0 Å². The monoisotopic (exact) mass is 346 g/mol. The summed E-state index contributed by atoms with van der Waals surface area (Å²) >= 11 is 0. The zero-order chi connectivity index (χ0) is 18.4. The number of carboxylic acid groups (broad SMARTS) is 1. The van der Waals surface area contributed by atoms with Gasteiger partial charge in [0.05, 0.1) is 0 Å². The SMILES string of the molecule is CCN(C)C(=O)c1cccc(C(=O)N2CCCC(CCC(=O)O)C2)c1. The first kappa shape index (κ1) is 19.0. The predicted molar refractivity (Wildman–Crippen MR) is 94.6 cm³/mol. The molecule has 1 aliphatic rings. The van der Waals surface area contributed by atoms with Crippen molar-refractivity contribution in [2.45, 2.75) is 32.6 Å². The molecule has 1 aliphatic heterocycles. The molecule has 2 rings (SSSR count). The molecule has 25 heavy (non-hydrogen) atoms. The molecule has 1 atom stereocenters. The van der Waals surface area contributed by atoms with Gasteiger partial charge in [-0.2, -0.15) is 0 Å². The van der Waals surface area contributed by atoms with E-state index in [1.54, 1.807) is 41.1 Å². The van der Waals surface area contributed by atoms with Gasteiger partial charge in [-0.05, 0) is 50.3 Å². The fraction of sp³-hybridized carbons (Fsp3) is 0.526. The van der Waals surface area contributed by atoms with E-state index in [-0.39, 0.29) is 24.2 Å². The molecule has 6 heteroatoms. The largest absolute Gasteiger partial charge is 0.481 e. The number of hydrogen-bond donors (Lipinski definition) is 1. The van der Waals surface area contributed by atoms with Crippen molar-refractivity contribution in [1.82, 2.24) is 9.80 Å². The Balaban J connectivity index is 2.07. The average Bonchev–Trinajstić information content (AvgIpc) is 2.64. The Morgan fingerprint density at radius 3 is 2.68 bits per heavy atom. The van der Waals surface area contributed by atoms with Crippen molar-refractivity contribution in [3.05, 3.63) is 35.4 Å². The van der Waals surface area contributed by atoms with Crippen LogP contribution in [-0.2, 0) is 4.79 Å². The van der Waals surface area contributed by atoms with Crippen LogP contribution in [0.5, 0.6) is 0 Å². The highest BCUT2D eigenvalue weighted by Gasteiger charge is 2.25. The highest BCUT2D eigenvalue weighted by molar-refractivity contribution is 5.99. The van der Waals surface area contributed by atoms with E-state index >= 15 is 0 Å². The number of carbonyl (C=O) groups is 3. The smallest absolute Gasteiger partial charge is 0.303 e. The van der Waals surface area contributed by atoms with Crippen molar-refractivity contribution >= 4 is 17.8 Å². The van der Waals surface area contributed by atoms with Crippen LogP contribution in [0.3, 0.4) is 0 Å². The fourth-order valence-corrected chi connectivity index (χ4v) is 3.14. The molecule has 0 spiro atoms. The summed E-state index contributed by atoms with van der Waals surface area (Å²) in [5, 5.41) is 8.83. The number of benzene rings is 1. The van der Waals surface area contributed by atoms with Crippen LogP contribution in [0.1, 0.15) is 53.3 Å². The van der Waals surface area contributed by atoms with Gasteiger partial charge in [0.2, 0.25) is 0 Å². The maximum Gasteiger partial charge on any atom is 0.303 e. The molecule has 0 aliphatic carbocycles. The van der Waals surface area contributed by atoms with Gasteiger partial charge in [0.25, 0.3) is 11.8 Å². The molecule has 0 bridgehead atoms. The van der Waals surface area contributed by atoms with Crippen molar-refractivity contribution in [1.29, 1.82) is 0 Å². The summed E-state index contributed by atoms with van der Waals surface area (Å²) in [4.78, 5) is 39.2. The summed E-state index contributed by atoms with van der Waals surface area (Å²) < 4.78 is 0. The number of nitrogens with zero attached hydrogens (tertiary/aromatic N) is 2. The molecule has 1 heterocycles. The Labute approximate surface area is 148 Å². The van der Waals surface area contributed by atoms with Crippen LogP contribution in [0.4, 0.5) is 0 Å². The quantitative estimate of drug-likeness (QED) is 0.858. The van der Waals surface area contributed by atoms with Gasteiger partial charge in [0, 0.05) is 44.2 Å². The first-order valence-electron chi connectivity index (χ1n) is 8.79. The predicted octanol–water partition coefficient (Wildman–Crippen LogP) is 2.50. The molecule has 136 valence electrons. The second kappa shape index (κ2) is 8.65. The third kappa shape index (κ3) is 5.05. The average molecular weight is 346 g/mol. The first-order chi connectivity index (χ1) is 11.9. The normalized spacial score (nSPS) is 17.2. The maximum absolute atomic E-state index is 12.8. The van der Waals surface area contributed by atoms with Gasteiger partial charge in [0.15, 0.2) is 0 Å². The van der Waals surface area contributed by atoms with Gasteiger partial charge in [0.1, 0.15) is 0 Å². The Morgan fingerprint density at radius 1 is 1.28 bits per heavy atom. The Hall–Kier alpha value is -2.37. The second-order valence-electron chi connectivity index (χ2n) is 6.59. The van der Waals surface area contributed by atoms with E-state index in [1.165, 1.54) is 0 Å². The minimum atomic E-state index is -0.797. The molecule has 0 radical (unpaired) electrons. The first-order valence-corrected chi connectivity index (χ1v) is 8.79. The van der Waals surface area contributed by atoms with Crippen molar-refractivity contribution in [3.8, 4) is 0 Å². The summed E-state index contributed by atoms with van der Waals surface area (Å²) in [6.07, 6.45) is 2.57. The summed E-state index contributed by atoms with van der Waals surface area (Å²) in [5.41, 5.74) is 1.02. The van der Waals surface area contributed by atoms with Crippen LogP contribution in [-0.4, -0.2) is 59.4 Å². The topological polar surface area (TPSA) is 77.9 Å². The number of amides is 2. The van der Waals surface area contributed by atoms with Gasteiger partial charge in [-0.1, -0.05) is 6.07 Å². The van der Waals surface area contributed by atoms with Gasteiger partial charge in [-0.15, -0.1) is 0 Å². The summed E-state index contributed by atoms with van der Waals surface area (Å²) in [6.45, 7) is 3.76. The highest BCUT2D eigenvalue weighted by atomic mass is 16.4. The maximum atomic E-state index is 12.8. The molecule has 0 saturated carbocycles. The molecule has 6 nitrogen and oxygen atoms in total. The number of aliphatic carboxylic acids is 1. The molecule has 1 unspecified atom stereocenters. The fourth-order valence-electron chi connectivity index (χ4n) is 3.14. The number of carbonyl (C=O) groups excluding carboxylic acids is 2. The summed E-state index contributed by atoms with van der Waals surface area (Å²) in [6, 6.07) is 6.83. The zero-order valence-electron chi connectivity index (χ0n) is 14.9. The van der Waals surface area contributed by atoms with Crippen LogP contribution in [0.15, 0.2) is 24.3 Å². The summed E-state index contributed by atoms with van der Waals surface area (Å²) in [5.74, 6) is -0.761. The number of rotatable bonds is 6. The molecular formula is C19H26N2O4. The zero-order valence-corrected chi connectivity index (χ0v) is 14.9. The van der Waals surface area contributed by atoms with Gasteiger partial charge < -0.3 is 14.9 Å². The lowest BCUT2D eigenvalue weighted by atomic mass is 9.93. The number of carboxylic acids is 1. The van der Waals surface area contributed by atoms with Crippen LogP contribution in [0.2, 0.25) is 0 Å². The van der Waals surface area contributed by atoms with Crippen LogP contribution < -0.4 is 0 Å². The van der Waals surface area contributed by atoms with E-state index in [9.17, 15) is 14.4 Å². The Kier molecular flexibility index (Phi) is 6.56. The van der Waals surface area contributed by atoms with E-state index in [4.69, 9.17) is 5.11 Å². The van der Waals surface area contributed by atoms with Crippen molar-refractivity contribution in [2.24, 2.45) is 5.92 Å². The van der Waals surface area contributed by atoms with E-state index < -0.39 is 5.97 Å². The molecule has 1 saturated heterocycles. The van der Waals surface area contributed by atoms with Crippen LogP contribution >= 0.6 is 0 Å². The molecule has 1 aromatic carbocycles. The molecular weight excluding hydrogens is 320 g/mol. The minimum absolute atomic E-state index is 0.0890. The molecule has 2 amide bonds. The molecule has 0 aromatic heterocycles. The molecule has 1 fully saturated rings. The van der Waals surface area contributed by atoms with E-state index in [0.717, 1.165) is 12.8 Å². The standard InChI is InChI=1S/C19H26N2O4/c1-3-20(2)18(24)15-7-4-8-16(12-15)19(25)21-11-5-6-14(13-21)9-10-17(22)23/h4,7-8,12,14H,3,5-6,9-11,13H2,1-2H3,(H,22,23). The lowest BCUT2D eigenvalue weighted by molar-refractivity contribution is -0.137. The third-order valence-electron chi connectivity index (χ3n) is 4.75. The Morgan fingerprint density at radius 2 is 2.00 bits per heavy atom. The van der Waals surface area contributed by atoms with Crippen LogP contribution in [0.25, 0.3) is 0 Å². The van der Waals surface area contributed by atoms with Gasteiger partial charge >= 0.3 is 5.97 Å². The van der Waals surface area contributed by atoms with Crippen molar-refractivity contribution in [3.63, 3.8) is 0 Å². The third-order valence-corrected chi connectivity index (χ3v) is 4.75. The molecule has 1 aromatic rings. The number of piperidine rings is 1. The minimum Gasteiger partial charge on any atom is -0.481 e. The van der Waals surface area contributed by atoms with Crippen molar-refractivity contribution in [2.75, 3.05) is 26.7 Å². The lowest BCUT2D eigenvalue weighted by Gasteiger charge is -2.32. The van der Waals surface area contributed by atoms with E-state index in [2.05, 4.69) is 0 Å². The highest BCUT2D eigenvalue weighted by Crippen LogP contribution is 2.23. The number of likely N-dealkylation sites (tertiary alicyclic amines) is 1. The second-order valence-corrected chi connectivity index (χ2v) is 6.59. The van der Waals surface area contributed by atoms with Crippen LogP contribution in [0, 0.1) is 5.92 Å². The Bertz CT molecular complexity index is 644. The molecule has 1 N–H and O–H groups in total. The summed E-state index contributed by atoms with van der Waals surface area (Å²) in [7, 11) is 1.73. The van der Waals surface area contributed by atoms with E-state index in [0.29, 0.717) is 37.2 Å². The van der Waals surface area contributed by atoms with Gasteiger partial charge in [-0.3, -0.25) is 14.4 Å². The lowest BCUT2D eigenvalue weighted by Crippen LogP contribution is -2.40. The van der Waals surface area contributed by atoms with E-state index in [1.807, 2.05) is 6.92 Å².